The highest BCUT2D eigenvalue weighted by Crippen LogP contribution is 2.32. The fourth-order valence-electron chi connectivity index (χ4n) is 5.39. The molecule has 6 nitrogen and oxygen atoms in total. The predicted molar refractivity (Wildman–Crippen MR) is 166 cm³/mol. The fourth-order valence-corrected chi connectivity index (χ4v) is 5.64. The van der Waals surface area contributed by atoms with E-state index in [1.54, 1.807) is 6.07 Å². The van der Waals surface area contributed by atoms with Crippen molar-refractivity contribution in [3.05, 3.63) is 130 Å². The van der Waals surface area contributed by atoms with Crippen LogP contribution in [0.25, 0.3) is 10.9 Å². The number of fused-ring (bicyclic) bond motifs is 1. The molecule has 0 bridgehead atoms. The molecular weight excluding hydrogens is 551 g/mol. The standard InChI is InChI=1S/C33H28Cl2N6/c34-26-13-9-23(10-14-26)32(24-11-15-27(35)16-12-24)41-19-17-40(18-20-41)22-31-37-30-8-4-2-6-28(30)33(39-31)38-29-7-3-1-5-25(29)21-36/h1-16,32H,17-20,22H2,(H,37,38,39). The van der Waals surface area contributed by atoms with Gasteiger partial charge in [0.15, 0.2) is 0 Å². The number of hydrogen-bond acceptors (Lipinski definition) is 6. The number of nitrogens with one attached hydrogen (secondary N) is 1. The van der Waals surface area contributed by atoms with Gasteiger partial charge in [-0.1, -0.05) is 71.7 Å². The monoisotopic (exact) mass is 578 g/mol. The summed E-state index contributed by atoms with van der Waals surface area (Å²) >= 11 is 12.4. The maximum absolute atomic E-state index is 9.57. The number of rotatable bonds is 7. The zero-order chi connectivity index (χ0) is 28.2. The molecule has 1 aliphatic rings. The topological polar surface area (TPSA) is 68.1 Å². The minimum absolute atomic E-state index is 0.111. The second kappa shape index (κ2) is 12.3. The number of para-hydroxylation sites is 2. The molecule has 1 aliphatic heterocycles. The van der Waals surface area contributed by atoms with Crippen molar-refractivity contribution in [3.8, 4) is 6.07 Å². The molecule has 1 aromatic heterocycles. The highest BCUT2D eigenvalue weighted by atomic mass is 35.5. The molecule has 1 saturated heterocycles. The maximum Gasteiger partial charge on any atom is 0.145 e. The summed E-state index contributed by atoms with van der Waals surface area (Å²) in [6.45, 7) is 4.19. The lowest BCUT2D eigenvalue weighted by atomic mass is 9.96. The molecule has 4 aromatic carbocycles. The summed E-state index contributed by atoms with van der Waals surface area (Å²) in [6.07, 6.45) is 0. The van der Waals surface area contributed by atoms with Gasteiger partial charge < -0.3 is 5.32 Å². The molecule has 0 spiro atoms. The number of nitrogens with zero attached hydrogens (tertiary/aromatic N) is 5. The van der Waals surface area contributed by atoms with Gasteiger partial charge in [-0.15, -0.1) is 0 Å². The first-order valence-electron chi connectivity index (χ1n) is 13.6. The number of aromatic nitrogens is 2. The summed E-state index contributed by atoms with van der Waals surface area (Å²) in [7, 11) is 0. The molecular formula is C33H28Cl2N6. The van der Waals surface area contributed by atoms with Crippen LogP contribution in [0.3, 0.4) is 0 Å². The van der Waals surface area contributed by atoms with Crippen molar-refractivity contribution in [2.45, 2.75) is 12.6 Å². The SMILES string of the molecule is N#Cc1ccccc1Nc1nc(CN2CCN(C(c3ccc(Cl)cc3)c3ccc(Cl)cc3)CC2)nc2ccccc12. The van der Waals surface area contributed by atoms with Gasteiger partial charge in [-0.25, -0.2) is 9.97 Å². The zero-order valence-corrected chi connectivity index (χ0v) is 23.9. The molecule has 0 atom stereocenters. The lowest BCUT2D eigenvalue weighted by Gasteiger charge is -2.39. The molecule has 0 aliphatic carbocycles. The van der Waals surface area contributed by atoms with Crippen molar-refractivity contribution in [2.75, 3.05) is 31.5 Å². The molecule has 5 aromatic rings. The smallest absolute Gasteiger partial charge is 0.145 e. The van der Waals surface area contributed by atoms with Crippen LogP contribution in [0.5, 0.6) is 0 Å². The van der Waals surface area contributed by atoms with Crippen LogP contribution in [0.2, 0.25) is 10.0 Å². The van der Waals surface area contributed by atoms with E-state index in [1.165, 1.54) is 11.1 Å². The van der Waals surface area contributed by atoms with E-state index in [2.05, 4.69) is 45.5 Å². The van der Waals surface area contributed by atoms with Crippen LogP contribution in [-0.2, 0) is 6.54 Å². The van der Waals surface area contributed by atoms with Gasteiger partial charge in [0.2, 0.25) is 0 Å². The van der Waals surface area contributed by atoms with E-state index in [4.69, 9.17) is 33.2 Å². The third-order valence-corrected chi connectivity index (χ3v) is 7.96. The third-order valence-electron chi connectivity index (χ3n) is 7.46. The summed E-state index contributed by atoms with van der Waals surface area (Å²) in [5.41, 5.74) is 4.59. The minimum atomic E-state index is 0.111. The first-order valence-corrected chi connectivity index (χ1v) is 14.3. The lowest BCUT2D eigenvalue weighted by Crippen LogP contribution is -2.47. The van der Waals surface area contributed by atoms with Gasteiger partial charge >= 0.3 is 0 Å². The molecule has 0 saturated carbocycles. The van der Waals surface area contributed by atoms with Gasteiger partial charge in [0.25, 0.3) is 0 Å². The number of piperazine rings is 1. The normalized spacial score (nSPS) is 14.3. The molecule has 6 rings (SSSR count). The number of anilines is 2. The maximum atomic E-state index is 9.57. The second-order valence-electron chi connectivity index (χ2n) is 10.1. The zero-order valence-electron chi connectivity index (χ0n) is 22.3. The van der Waals surface area contributed by atoms with Gasteiger partial charge in [-0.2, -0.15) is 5.26 Å². The predicted octanol–water partition coefficient (Wildman–Crippen LogP) is 7.46. The van der Waals surface area contributed by atoms with E-state index in [9.17, 15) is 5.26 Å². The van der Waals surface area contributed by atoms with Crippen LogP contribution in [0, 0.1) is 11.3 Å². The Bertz CT molecular complexity index is 1650. The highest BCUT2D eigenvalue weighted by Gasteiger charge is 2.27. The summed E-state index contributed by atoms with van der Waals surface area (Å²) in [5.74, 6) is 1.46. The summed E-state index contributed by atoms with van der Waals surface area (Å²) in [4.78, 5) is 14.7. The average Bonchev–Trinajstić information content (AvgIpc) is 3.00. The first-order chi connectivity index (χ1) is 20.1. The molecule has 0 amide bonds. The summed E-state index contributed by atoms with van der Waals surface area (Å²) in [5, 5.41) is 15.3. The van der Waals surface area contributed by atoms with E-state index >= 15 is 0 Å². The molecule has 1 N–H and O–H groups in total. The Kier molecular flexibility index (Phi) is 8.13. The van der Waals surface area contributed by atoms with E-state index in [-0.39, 0.29) is 6.04 Å². The van der Waals surface area contributed by atoms with E-state index in [1.807, 2.05) is 66.7 Å². The van der Waals surface area contributed by atoms with Crippen LogP contribution in [-0.4, -0.2) is 45.9 Å². The Hall–Kier alpha value is -3.99. The Morgan fingerprint density at radius 1 is 0.756 bits per heavy atom. The molecule has 2 heterocycles. The van der Waals surface area contributed by atoms with Crippen molar-refractivity contribution >= 4 is 45.6 Å². The third kappa shape index (κ3) is 6.19. The first kappa shape index (κ1) is 27.2. The van der Waals surface area contributed by atoms with Crippen molar-refractivity contribution < 1.29 is 0 Å². The molecule has 1 fully saturated rings. The summed E-state index contributed by atoms with van der Waals surface area (Å²) < 4.78 is 0. The van der Waals surface area contributed by atoms with Crippen LogP contribution >= 0.6 is 23.2 Å². The van der Waals surface area contributed by atoms with Crippen LogP contribution in [0.1, 0.15) is 28.6 Å². The molecule has 41 heavy (non-hydrogen) atoms. The minimum Gasteiger partial charge on any atom is -0.339 e. The molecule has 0 radical (unpaired) electrons. The largest absolute Gasteiger partial charge is 0.339 e. The Balaban J connectivity index is 1.21. The Labute approximate surface area is 249 Å². The van der Waals surface area contributed by atoms with Gasteiger partial charge in [-0.05, 0) is 59.7 Å². The van der Waals surface area contributed by atoms with E-state index in [0.717, 1.165) is 58.6 Å². The molecule has 204 valence electrons. The number of nitriles is 1. The summed E-state index contributed by atoms with van der Waals surface area (Å²) in [6, 6.07) is 34.0. The van der Waals surface area contributed by atoms with E-state index < -0.39 is 0 Å². The van der Waals surface area contributed by atoms with Crippen LogP contribution in [0.15, 0.2) is 97.1 Å². The second-order valence-corrected chi connectivity index (χ2v) is 11.0. The molecule has 0 unspecified atom stereocenters. The van der Waals surface area contributed by atoms with Crippen molar-refractivity contribution in [1.82, 2.24) is 19.8 Å². The van der Waals surface area contributed by atoms with Gasteiger partial charge in [0.05, 0.1) is 29.4 Å². The van der Waals surface area contributed by atoms with Crippen molar-refractivity contribution in [3.63, 3.8) is 0 Å². The fraction of sp³-hybridized carbons (Fsp3) is 0.182. The quantitative estimate of drug-likeness (QED) is 0.216. The Morgan fingerprint density at radius 3 is 2.02 bits per heavy atom. The van der Waals surface area contributed by atoms with Crippen LogP contribution < -0.4 is 5.32 Å². The number of halogens is 2. The van der Waals surface area contributed by atoms with E-state index in [0.29, 0.717) is 17.9 Å². The Morgan fingerprint density at radius 2 is 1.37 bits per heavy atom. The van der Waals surface area contributed by atoms with Crippen LogP contribution in [0.4, 0.5) is 11.5 Å². The van der Waals surface area contributed by atoms with Crippen molar-refractivity contribution in [2.24, 2.45) is 0 Å². The number of hydrogen-bond donors (Lipinski definition) is 1. The van der Waals surface area contributed by atoms with Gasteiger partial charge in [0.1, 0.15) is 17.7 Å². The van der Waals surface area contributed by atoms with Gasteiger partial charge in [0, 0.05) is 41.6 Å². The average molecular weight is 580 g/mol. The highest BCUT2D eigenvalue weighted by molar-refractivity contribution is 6.30. The van der Waals surface area contributed by atoms with Gasteiger partial charge in [-0.3, -0.25) is 9.80 Å². The molecule has 8 heteroatoms. The number of benzene rings is 4. The van der Waals surface area contributed by atoms with Crippen molar-refractivity contribution in [1.29, 1.82) is 5.26 Å². The lowest BCUT2D eigenvalue weighted by molar-refractivity contribution is 0.103.